The Morgan fingerprint density at radius 3 is 2.42 bits per heavy atom. The number of benzene rings is 3. The Morgan fingerprint density at radius 1 is 0.917 bits per heavy atom. The van der Waals surface area contributed by atoms with E-state index in [0.717, 1.165) is 51.4 Å². The Hall–Kier alpha value is -5.14. The van der Waals surface area contributed by atoms with E-state index in [4.69, 9.17) is 4.74 Å². The Balaban J connectivity index is 1.21. The van der Waals surface area contributed by atoms with Crippen molar-refractivity contribution in [1.29, 1.82) is 0 Å². The molecule has 6 rings (SSSR count). The third-order valence-corrected chi connectivity index (χ3v) is 8.23. The van der Waals surface area contributed by atoms with Crippen LogP contribution in [0, 0.1) is 5.82 Å². The third-order valence-electron chi connectivity index (χ3n) is 8.23. The number of unbranched alkanes of at least 4 members (excludes halogenated alkanes) is 1. The van der Waals surface area contributed by atoms with Crippen LogP contribution >= 0.6 is 0 Å². The van der Waals surface area contributed by atoms with Gasteiger partial charge in [0.25, 0.3) is 11.5 Å². The molecule has 0 saturated carbocycles. The molecule has 1 fully saturated rings. The number of morpholine rings is 1. The van der Waals surface area contributed by atoms with Gasteiger partial charge < -0.3 is 20.4 Å². The minimum Gasteiger partial charge on any atom is -0.379 e. The number of H-pyrrole nitrogens is 1. The Labute approximate surface area is 271 Å². The van der Waals surface area contributed by atoms with Gasteiger partial charge in [-0.1, -0.05) is 18.2 Å². The van der Waals surface area contributed by atoms with Gasteiger partial charge in [0.15, 0.2) is 5.78 Å². The number of hydrogen-bond acceptors (Lipinski definition) is 7. The van der Waals surface area contributed by atoms with Crippen LogP contribution in [0.5, 0.6) is 0 Å². The Kier molecular flexibility index (Phi) is 9.51. The van der Waals surface area contributed by atoms with E-state index in [2.05, 4.69) is 25.5 Å². The summed E-state index contributed by atoms with van der Waals surface area (Å²) in [6.45, 7) is 4.09. The number of ether oxygens (including phenoxy) is 1. The highest BCUT2D eigenvalue weighted by atomic mass is 19.4. The van der Waals surface area contributed by atoms with Gasteiger partial charge in [-0.15, -0.1) is 0 Å². The molecule has 1 saturated heterocycles. The van der Waals surface area contributed by atoms with Gasteiger partial charge >= 0.3 is 6.18 Å². The number of hydrogen-bond donors (Lipinski definition) is 3. The van der Waals surface area contributed by atoms with Gasteiger partial charge in [0.05, 0.1) is 35.4 Å². The zero-order valence-electron chi connectivity index (χ0n) is 25.6. The summed E-state index contributed by atoms with van der Waals surface area (Å²) in [6, 6.07) is 14.9. The molecule has 0 radical (unpaired) electrons. The first kappa shape index (κ1) is 32.8. The van der Waals surface area contributed by atoms with Crippen molar-refractivity contribution in [2.75, 3.05) is 43.5 Å². The summed E-state index contributed by atoms with van der Waals surface area (Å²) >= 11 is 0. The lowest BCUT2D eigenvalue weighted by atomic mass is 9.97. The fraction of sp³-hybridized carbons (Fsp3) is 0.257. The molecule has 0 unspecified atom stereocenters. The van der Waals surface area contributed by atoms with Crippen molar-refractivity contribution >= 4 is 50.6 Å². The van der Waals surface area contributed by atoms with E-state index in [9.17, 15) is 31.9 Å². The fourth-order valence-corrected chi connectivity index (χ4v) is 5.86. The number of rotatable bonds is 10. The topological polar surface area (TPSA) is 116 Å². The first-order valence-electron chi connectivity index (χ1n) is 15.4. The zero-order chi connectivity index (χ0) is 33.8. The van der Waals surface area contributed by atoms with Gasteiger partial charge in [0.1, 0.15) is 11.5 Å². The summed E-state index contributed by atoms with van der Waals surface area (Å²) in [7, 11) is 0. The van der Waals surface area contributed by atoms with Crippen molar-refractivity contribution < 1.29 is 31.9 Å². The van der Waals surface area contributed by atoms with Crippen LogP contribution in [0.4, 0.5) is 34.6 Å². The maximum atomic E-state index is 13.5. The van der Waals surface area contributed by atoms with E-state index in [1.165, 1.54) is 18.3 Å². The number of amides is 1. The Bertz CT molecular complexity index is 2040. The average Bonchev–Trinajstić information content (AvgIpc) is 3.07. The normalized spacial score (nSPS) is 13.9. The SMILES string of the molecule is O=C(Nc1ccc(Nc2ccnc3[nH]c(=O)c4c(C(=O)CCCCN5CCOCC5)cccc4c23)cc1)c1ccc(F)cc1C(F)(F)F. The number of fused-ring (bicyclic) bond motifs is 3. The molecule has 0 atom stereocenters. The second-order valence-corrected chi connectivity index (χ2v) is 11.4. The van der Waals surface area contributed by atoms with E-state index in [-0.39, 0.29) is 22.9 Å². The summed E-state index contributed by atoms with van der Waals surface area (Å²) in [5, 5.41) is 7.09. The number of alkyl halides is 3. The number of Topliss-reactive ketones (excluding diaryl/α,β-unsaturated/α-hetero) is 1. The van der Waals surface area contributed by atoms with Crippen molar-refractivity contribution in [2.24, 2.45) is 0 Å². The van der Waals surface area contributed by atoms with Gasteiger partial charge in [-0.3, -0.25) is 19.3 Å². The van der Waals surface area contributed by atoms with Crippen LogP contribution < -0.4 is 16.2 Å². The number of pyridine rings is 2. The summed E-state index contributed by atoms with van der Waals surface area (Å²) in [4.78, 5) is 48.7. The number of aromatic nitrogens is 2. The Morgan fingerprint density at radius 2 is 1.67 bits per heavy atom. The number of halogens is 4. The molecule has 13 heteroatoms. The molecule has 9 nitrogen and oxygen atoms in total. The van der Waals surface area contributed by atoms with E-state index in [1.807, 2.05) is 0 Å². The minimum atomic E-state index is -4.92. The molecule has 5 aromatic rings. The third kappa shape index (κ3) is 7.21. The molecule has 1 aliphatic heterocycles. The van der Waals surface area contributed by atoms with Crippen LogP contribution in [-0.2, 0) is 10.9 Å². The number of nitrogens with one attached hydrogen (secondary N) is 3. The van der Waals surface area contributed by atoms with Crippen LogP contribution in [-0.4, -0.2) is 59.4 Å². The molecule has 48 heavy (non-hydrogen) atoms. The number of anilines is 3. The standard InChI is InChI=1S/C35H31F4N5O4/c36-21-7-12-24(27(20-21)35(37,38)39)33(46)42-23-10-8-22(9-11-23)41-28-13-14-40-32-31(28)26-5-3-4-25(30(26)34(47)43-32)29(45)6-1-2-15-44-16-18-48-19-17-44/h3-5,7-14,20H,1-2,6,15-19H2,(H,42,46)(H2,40,41,43,47). The number of carbonyl (C=O) groups is 2. The monoisotopic (exact) mass is 661 g/mol. The maximum absolute atomic E-state index is 13.5. The molecule has 0 spiro atoms. The molecule has 2 aromatic heterocycles. The van der Waals surface area contributed by atoms with E-state index in [0.29, 0.717) is 46.2 Å². The van der Waals surface area contributed by atoms with Crippen molar-refractivity contribution in [2.45, 2.75) is 25.4 Å². The highest BCUT2D eigenvalue weighted by Gasteiger charge is 2.35. The summed E-state index contributed by atoms with van der Waals surface area (Å²) < 4.78 is 59.1. The van der Waals surface area contributed by atoms with E-state index >= 15 is 0 Å². The predicted octanol–water partition coefficient (Wildman–Crippen LogP) is 6.92. The summed E-state index contributed by atoms with van der Waals surface area (Å²) in [5.74, 6) is -2.26. The van der Waals surface area contributed by atoms with Crippen molar-refractivity contribution in [3.8, 4) is 0 Å². The predicted molar refractivity (Wildman–Crippen MR) is 174 cm³/mol. The average molecular weight is 662 g/mol. The number of aromatic amines is 1. The van der Waals surface area contributed by atoms with Gasteiger partial charge in [0.2, 0.25) is 0 Å². The fourth-order valence-electron chi connectivity index (χ4n) is 5.86. The quantitative estimate of drug-likeness (QED) is 0.0645. The van der Waals surface area contributed by atoms with Crippen LogP contribution in [0.15, 0.2) is 77.7 Å². The molecule has 248 valence electrons. The molecule has 0 aliphatic carbocycles. The maximum Gasteiger partial charge on any atom is 0.417 e. The summed E-state index contributed by atoms with van der Waals surface area (Å²) in [6.07, 6.45) is -1.54. The van der Waals surface area contributed by atoms with Crippen LogP contribution in [0.3, 0.4) is 0 Å². The molecule has 3 aromatic carbocycles. The molecule has 1 aliphatic rings. The smallest absolute Gasteiger partial charge is 0.379 e. The lowest BCUT2D eigenvalue weighted by Gasteiger charge is -2.26. The molecular formula is C35H31F4N5O4. The summed E-state index contributed by atoms with van der Waals surface area (Å²) in [5.41, 5.74) is -0.495. The second-order valence-electron chi connectivity index (χ2n) is 11.4. The zero-order valence-corrected chi connectivity index (χ0v) is 25.6. The van der Waals surface area contributed by atoms with Crippen LogP contribution in [0.2, 0.25) is 0 Å². The van der Waals surface area contributed by atoms with Gasteiger partial charge in [-0.2, -0.15) is 13.2 Å². The number of carbonyl (C=O) groups excluding carboxylic acids is 2. The lowest BCUT2D eigenvalue weighted by molar-refractivity contribution is -0.138. The van der Waals surface area contributed by atoms with E-state index < -0.39 is 34.6 Å². The van der Waals surface area contributed by atoms with Crippen molar-refractivity contribution in [3.05, 3.63) is 106 Å². The number of ketones is 1. The van der Waals surface area contributed by atoms with Gasteiger partial charge in [-0.05, 0) is 67.9 Å². The molecule has 3 N–H and O–H groups in total. The second kappa shape index (κ2) is 13.9. The number of nitrogens with zero attached hydrogens (tertiary/aromatic N) is 2. The lowest BCUT2D eigenvalue weighted by Crippen LogP contribution is -2.36. The molecule has 1 amide bonds. The van der Waals surface area contributed by atoms with Crippen LogP contribution in [0.25, 0.3) is 21.8 Å². The molecule has 0 bridgehead atoms. The van der Waals surface area contributed by atoms with Crippen molar-refractivity contribution in [1.82, 2.24) is 14.9 Å². The van der Waals surface area contributed by atoms with Gasteiger partial charge in [0, 0.05) is 53.4 Å². The first-order valence-corrected chi connectivity index (χ1v) is 15.4. The highest BCUT2D eigenvalue weighted by molar-refractivity contribution is 6.17. The van der Waals surface area contributed by atoms with Gasteiger partial charge in [-0.25, -0.2) is 9.37 Å². The largest absolute Gasteiger partial charge is 0.417 e. The van der Waals surface area contributed by atoms with E-state index in [1.54, 1.807) is 36.4 Å². The van der Waals surface area contributed by atoms with Crippen molar-refractivity contribution in [3.63, 3.8) is 0 Å². The minimum absolute atomic E-state index is 0.119. The molecule has 3 heterocycles. The highest BCUT2D eigenvalue weighted by Crippen LogP contribution is 2.34. The first-order chi connectivity index (χ1) is 23.1. The molecular weight excluding hydrogens is 630 g/mol. The van der Waals surface area contributed by atoms with Crippen LogP contribution in [0.1, 0.15) is 45.5 Å².